The van der Waals surface area contributed by atoms with Gasteiger partial charge in [-0.15, -0.1) is 0 Å². The quantitative estimate of drug-likeness (QED) is 0.708. The lowest BCUT2D eigenvalue weighted by atomic mass is 10.0. The van der Waals surface area contributed by atoms with Crippen molar-refractivity contribution in [3.8, 4) is 0 Å². The summed E-state index contributed by atoms with van der Waals surface area (Å²) in [5, 5.41) is 0.456. The van der Waals surface area contributed by atoms with Gasteiger partial charge >= 0.3 is 5.97 Å². The van der Waals surface area contributed by atoms with E-state index in [1.165, 1.54) is 28.6 Å². The number of benzene rings is 2. The first-order chi connectivity index (χ1) is 13.9. The van der Waals surface area contributed by atoms with Crippen molar-refractivity contribution < 1.29 is 27.6 Å². The molecule has 2 heterocycles. The molecule has 0 aromatic heterocycles. The van der Waals surface area contributed by atoms with Gasteiger partial charge in [0, 0.05) is 13.1 Å². The van der Waals surface area contributed by atoms with E-state index in [4.69, 9.17) is 4.84 Å². The summed E-state index contributed by atoms with van der Waals surface area (Å²) in [7, 11) is -3.74. The third kappa shape index (κ3) is 3.43. The van der Waals surface area contributed by atoms with Crippen molar-refractivity contribution in [3.63, 3.8) is 0 Å². The lowest BCUT2D eigenvalue weighted by Gasteiger charge is -2.31. The topological polar surface area (TPSA) is 101 Å². The summed E-state index contributed by atoms with van der Waals surface area (Å²) < 4.78 is 26.9. The number of hydroxylamine groups is 2. The SMILES string of the molecule is O=C(ON1C(=O)c2ccccc2C1=O)C1CCCN(S(=O)(=O)c2ccccc2)C1. The molecular formula is C20H18N2O6S. The van der Waals surface area contributed by atoms with Crippen LogP contribution in [-0.4, -0.2) is 48.7 Å². The minimum atomic E-state index is -3.74. The van der Waals surface area contributed by atoms with Crippen LogP contribution in [0.3, 0.4) is 0 Å². The molecule has 0 radical (unpaired) electrons. The number of piperidine rings is 1. The molecule has 1 unspecified atom stereocenters. The van der Waals surface area contributed by atoms with Gasteiger partial charge in [-0.25, -0.2) is 13.2 Å². The standard InChI is InChI=1S/C20H18N2O6S/c23-18-16-10-4-5-11-17(16)19(24)22(18)28-20(25)14-7-6-12-21(13-14)29(26,27)15-8-2-1-3-9-15/h1-5,8-11,14H,6-7,12-13H2. The molecule has 9 heteroatoms. The zero-order valence-electron chi connectivity index (χ0n) is 15.4. The summed E-state index contributed by atoms with van der Waals surface area (Å²) >= 11 is 0. The zero-order chi connectivity index (χ0) is 20.6. The van der Waals surface area contributed by atoms with Crippen molar-refractivity contribution in [3.05, 3.63) is 65.7 Å². The number of amides is 2. The second-order valence-corrected chi connectivity index (χ2v) is 8.81. The fourth-order valence-corrected chi connectivity index (χ4v) is 5.05. The molecule has 150 valence electrons. The van der Waals surface area contributed by atoms with E-state index in [2.05, 4.69) is 0 Å². The number of rotatable bonds is 4. The van der Waals surface area contributed by atoms with Gasteiger partial charge in [-0.3, -0.25) is 9.59 Å². The molecule has 2 amide bonds. The molecule has 8 nitrogen and oxygen atoms in total. The average Bonchev–Trinajstić information content (AvgIpc) is 2.99. The number of carbonyl (C=O) groups is 3. The van der Waals surface area contributed by atoms with E-state index in [1.807, 2.05) is 0 Å². The molecule has 1 atom stereocenters. The first-order valence-electron chi connectivity index (χ1n) is 9.14. The maximum atomic E-state index is 12.8. The van der Waals surface area contributed by atoms with E-state index in [0.717, 1.165) is 0 Å². The van der Waals surface area contributed by atoms with E-state index in [-0.39, 0.29) is 29.1 Å². The molecule has 0 bridgehead atoms. The molecule has 29 heavy (non-hydrogen) atoms. The van der Waals surface area contributed by atoms with Crippen LogP contribution in [0.4, 0.5) is 0 Å². The Bertz CT molecular complexity index is 1050. The lowest BCUT2D eigenvalue weighted by Crippen LogP contribution is -2.44. The number of nitrogens with zero attached hydrogens (tertiary/aromatic N) is 2. The highest BCUT2D eigenvalue weighted by molar-refractivity contribution is 7.89. The fourth-order valence-electron chi connectivity index (χ4n) is 3.51. The van der Waals surface area contributed by atoms with Crippen molar-refractivity contribution >= 4 is 27.8 Å². The molecule has 2 aliphatic rings. The van der Waals surface area contributed by atoms with Gasteiger partial charge in [-0.1, -0.05) is 35.4 Å². The van der Waals surface area contributed by atoms with Crippen LogP contribution in [0.15, 0.2) is 59.5 Å². The first-order valence-corrected chi connectivity index (χ1v) is 10.6. The Balaban J connectivity index is 1.48. The van der Waals surface area contributed by atoms with Gasteiger partial charge in [0.05, 0.1) is 21.9 Å². The maximum absolute atomic E-state index is 12.8. The molecule has 0 N–H and O–H groups in total. The smallest absolute Gasteiger partial charge is 0.329 e. The Morgan fingerprint density at radius 3 is 2.14 bits per heavy atom. The van der Waals surface area contributed by atoms with Gasteiger partial charge in [0.1, 0.15) is 0 Å². The highest BCUT2D eigenvalue weighted by Crippen LogP contribution is 2.27. The monoisotopic (exact) mass is 414 g/mol. The number of carbonyl (C=O) groups excluding carboxylic acids is 3. The minimum absolute atomic E-state index is 0.0702. The molecule has 0 spiro atoms. The highest BCUT2D eigenvalue weighted by atomic mass is 32.2. The Hall–Kier alpha value is -3.04. The number of hydrogen-bond acceptors (Lipinski definition) is 6. The number of hydrogen-bond donors (Lipinski definition) is 0. The minimum Gasteiger partial charge on any atom is -0.329 e. The van der Waals surface area contributed by atoms with Crippen LogP contribution >= 0.6 is 0 Å². The Morgan fingerprint density at radius 2 is 1.52 bits per heavy atom. The van der Waals surface area contributed by atoms with Crippen LogP contribution in [0.2, 0.25) is 0 Å². The summed E-state index contributed by atoms with van der Waals surface area (Å²) in [6, 6.07) is 14.2. The molecular weight excluding hydrogens is 396 g/mol. The van der Waals surface area contributed by atoms with E-state index in [0.29, 0.717) is 17.9 Å². The molecule has 0 aliphatic carbocycles. The average molecular weight is 414 g/mol. The highest BCUT2D eigenvalue weighted by Gasteiger charge is 2.41. The van der Waals surface area contributed by atoms with E-state index in [9.17, 15) is 22.8 Å². The Labute approximate surface area is 167 Å². The molecule has 2 aromatic carbocycles. The predicted octanol–water partition coefficient (Wildman–Crippen LogP) is 1.84. The number of imide groups is 1. The van der Waals surface area contributed by atoms with Gasteiger partial charge in [-0.05, 0) is 37.1 Å². The summed E-state index contributed by atoms with van der Waals surface area (Å²) in [5.41, 5.74) is 0.337. The normalized spacial score (nSPS) is 19.9. The van der Waals surface area contributed by atoms with Crippen molar-refractivity contribution in [2.45, 2.75) is 17.7 Å². The van der Waals surface area contributed by atoms with E-state index in [1.54, 1.807) is 30.3 Å². The molecule has 4 rings (SSSR count). The van der Waals surface area contributed by atoms with Gasteiger partial charge in [0.25, 0.3) is 11.8 Å². The van der Waals surface area contributed by atoms with Crippen LogP contribution < -0.4 is 0 Å². The molecule has 0 saturated carbocycles. The lowest BCUT2D eigenvalue weighted by molar-refractivity contribution is -0.174. The zero-order valence-corrected chi connectivity index (χ0v) is 16.2. The fraction of sp³-hybridized carbons (Fsp3) is 0.250. The molecule has 1 fully saturated rings. The van der Waals surface area contributed by atoms with Crippen molar-refractivity contribution in [1.29, 1.82) is 0 Å². The van der Waals surface area contributed by atoms with Crippen molar-refractivity contribution in [2.24, 2.45) is 5.92 Å². The Morgan fingerprint density at radius 1 is 0.931 bits per heavy atom. The molecule has 2 aromatic rings. The van der Waals surface area contributed by atoms with Gasteiger partial charge in [0.15, 0.2) is 0 Å². The maximum Gasteiger partial charge on any atom is 0.337 e. The summed E-state index contributed by atoms with van der Waals surface area (Å²) in [6.45, 7) is 0.216. The van der Waals surface area contributed by atoms with Crippen LogP contribution in [0, 0.1) is 5.92 Å². The largest absolute Gasteiger partial charge is 0.337 e. The summed E-state index contributed by atoms with van der Waals surface area (Å²) in [5.74, 6) is -2.98. The second kappa shape index (κ2) is 7.41. The van der Waals surface area contributed by atoms with Gasteiger partial charge in [0.2, 0.25) is 10.0 Å². The third-order valence-corrected chi connectivity index (χ3v) is 6.92. The van der Waals surface area contributed by atoms with Gasteiger partial charge < -0.3 is 4.84 Å². The van der Waals surface area contributed by atoms with Crippen LogP contribution in [0.25, 0.3) is 0 Å². The third-order valence-electron chi connectivity index (χ3n) is 5.04. The van der Waals surface area contributed by atoms with Crippen LogP contribution in [0.5, 0.6) is 0 Å². The van der Waals surface area contributed by atoms with Crippen LogP contribution in [-0.2, 0) is 19.7 Å². The van der Waals surface area contributed by atoms with E-state index >= 15 is 0 Å². The van der Waals surface area contributed by atoms with Crippen LogP contribution in [0.1, 0.15) is 33.6 Å². The summed E-state index contributed by atoms with van der Waals surface area (Å²) in [6.07, 6.45) is 0.872. The van der Waals surface area contributed by atoms with E-state index < -0.39 is 33.7 Å². The second-order valence-electron chi connectivity index (χ2n) is 6.88. The number of fused-ring (bicyclic) bond motifs is 1. The molecule has 2 aliphatic heterocycles. The summed E-state index contributed by atoms with van der Waals surface area (Å²) in [4.78, 5) is 42.6. The number of sulfonamides is 1. The predicted molar refractivity (Wildman–Crippen MR) is 101 cm³/mol. The van der Waals surface area contributed by atoms with Crippen molar-refractivity contribution in [2.75, 3.05) is 13.1 Å². The van der Waals surface area contributed by atoms with Crippen molar-refractivity contribution in [1.82, 2.24) is 9.37 Å². The van der Waals surface area contributed by atoms with Gasteiger partial charge in [-0.2, -0.15) is 4.31 Å². The Kier molecular flexibility index (Phi) is 4.93. The first kappa shape index (κ1) is 19.3. The molecule has 1 saturated heterocycles.